The molecule has 0 aliphatic carbocycles. The van der Waals surface area contributed by atoms with Crippen molar-refractivity contribution in [1.29, 1.82) is 0 Å². The third-order valence-electron chi connectivity index (χ3n) is 3.46. The van der Waals surface area contributed by atoms with Crippen LogP contribution in [0.1, 0.15) is 40.5 Å². The minimum absolute atomic E-state index is 0.107. The largest absolute Gasteiger partial charge is 0.478 e. The van der Waals surface area contributed by atoms with Gasteiger partial charge in [0.15, 0.2) is 0 Å². The fourth-order valence-electron chi connectivity index (χ4n) is 2.49. The number of carbonyl (C=O) groups excluding carboxylic acids is 1. The average Bonchev–Trinajstić information content (AvgIpc) is 2.93. The summed E-state index contributed by atoms with van der Waals surface area (Å²) >= 11 is 0. The number of hydrogen-bond acceptors (Lipinski definition) is 6. The van der Waals surface area contributed by atoms with E-state index in [1.165, 1.54) is 6.33 Å². The highest BCUT2D eigenvalue weighted by molar-refractivity contribution is 5.69. The van der Waals surface area contributed by atoms with Gasteiger partial charge in [-0.2, -0.15) is 0 Å². The zero-order chi connectivity index (χ0) is 16.9. The van der Waals surface area contributed by atoms with E-state index in [0.717, 1.165) is 19.4 Å². The number of nitrogens with zero attached hydrogens (tertiary/aromatic N) is 3. The zero-order valence-electron chi connectivity index (χ0n) is 14.3. The number of carbonyl (C=O) groups is 1. The first-order valence-corrected chi connectivity index (χ1v) is 8.07. The summed E-state index contributed by atoms with van der Waals surface area (Å²) < 4.78 is 10.8. The number of amides is 1. The molecule has 2 rings (SSSR count). The summed E-state index contributed by atoms with van der Waals surface area (Å²) in [5.41, 5.74) is -0.475. The van der Waals surface area contributed by atoms with E-state index in [0.29, 0.717) is 24.8 Å². The summed E-state index contributed by atoms with van der Waals surface area (Å²) in [7, 11) is 0. The molecular weight excluding hydrogens is 296 g/mol. The van der Waals surface area contributed by atoms with Crippen molar-refractivity contribution >= 4 is 11.9 Å². The monoisotopic (exact) mass is 322 g/mol. The van der Waals surface area contributed by atoms with E-state index in [2.05, 4.69) is 15.3 Å². The van der Waals surface area contributed by atoms with Crippen molar-refractivity contribution in [3.63, 3.8) is 0 Å². The standard InChI is InChI=1S/C16H26N4O3/c1-5-22-14-9-13(18-11-19-14)17-10-12-7-6-8-20(12)15(21)23-16(2,3)4/h9,11-12H,5-8,10H2,1-4H3,(H,17,18,19). The lowest BCUT2D eigenvalue weighted by Crippen LogP contribution is -2.42. The Labute approximate surface area is 137 Å². The molecule has 0 spiro atoms. The Hall–Kier alpha value is -2.05. The molecular formula is C16H26N4O3. The van der Waals surface area contributed by atoms with Gasteiger partial charge in [-0.05, 0) is 40.5 Å². The molecule has 1 fully saturated rings. The molecule has 2 heterocycles. The van der Waals surface area contributed by atoms with Crippen LogP contribution in [0.25, 0.3) is 0 Å². The van der Waals surface area contributed by atoms with E-state index in [9.17, 15) is 4.79 Å². The molecule has 0 bridgehead atoms. The summed E-state index contributed by atoms with van der Waals surface area (Å²) in [5.74, 6) is 1.24. The molecule has 7 nitrogen and oxygen atoms in total. The fourth-order valence-corrected chi connectivity index (χ4v) is 2.49. The number of nitrogens with one attached hydrogen (secondary N) is 1. The van der Waals surface area contributed by atoms with Gasteiger partial charge in [-0.25, -0.2) is 14.8 Å². The van der Waals surface area contributed by atoms with Crippen molar-refractivity contribution in [1.82, 2.24) is 14.9 Å². The Balaban J connectivity index is 1.91. The minimum atomic E-state index is -0.475. The van der Waals surface area contributed by atoms with Crippen LogP contribution in [0.15, 0.2) is 12.4 Å². The molecule has 0 radical (unpaired) electrons. The molecule has 1 aliphatic heterocycles. The lowest BCUT2D eigenvalue weighted by atomic mass is 10.2. The Morgan fingerprint density at radius 2 is 2.22 bits per heavy atom. The van der Waals surface area contributed by atoms with E-state index >= 15 is 0 Å². The average molecular weight is 322 g/mol. The highest BCUT2D eigenvalue weighted by atomic mass is 16.6. The number of anilines is 1. The van der Waals surface area contributed by atoms with Crippen LogP contribution in [0, 0.1) is 0 Å². The number of ether oxygens (including phenoxy) is 2. The molecule has 1 aromatic heterocycles. The van der Waals surface area contributed by atoms with Gasteiger partial charge in [0.1, 0.15) is 17.7 Å². The number of rotatable bonds is 5. The van der Waals surface area contributed by atoms with Gasteiger partial charge in [-0.15, -0.1) is 0 Å². The van der Waals surface area contributed by atoms with Gasteiger partial charge in [0.2, 0.25) is 5.88 Å². The maximum absolute atomic E-state index is 12.3. The lowest BCUT2D eigenvalue weighted by Gasteiger charge is -2.28. The van der Waals surface area contributed by atoms with Gasteiger partial charge in [-0.1, -0.05) is 0 Å². The van der Waals surface area contributed by atoms with E-state index in [4.69, 9.17) is 9.47 Å². The predicted molar refractivity (Wildman–Crippen MR) is 87.7 cm³/mol. The second-order valence-electron chi connectivity index (χ2n) is 6.53. The molecule has 0 saturated carbocycles. The first kappa shape index (κ1) is 17.3. The van der Waals surface area contributed by atoms with Crippen molar-refractivity contribution in [3.05, 3.63) is 12.4 Å². The van der Waals surface area contributed by atoms with Crippen LogP contribution in [0.2, 0.25) is 0 Å². The SMILES string of the molecule is CCOc1cc(NCC2CCCN2C(=O)OC(C)(C)C)ncn1. The summed E-state index contributed by atoms with van der Waals surface area (Å²) in [6, 6.07) is 1.87. The van der Waals surface area contributed by atoms with E-state index in [-0.39, 0.29) is 12.1 Å². The summed E-state index contributed by atoms with van der Waals surface area (Å²) in [5, 5.41) is 3.25. The van der Waals surface area contributed by atoms with Crippen LogP contribution >= 0.6 is 0 Å². The molecule has 0 aromatic carbocycles. The van der Waals surface area contributed by atoms with Crippen molar-refractivity contribution in [2.75, 3.05) is 25.0 Å². The smallest absolute Gasteiger partial charge is 0.410 e. The van der Waals surface area contributed by atoms with Crippen molar-refractivity contribution in [3.8, 4) is 5.88 Å². The highest BCUT2D eigenvalue weighted by Crippen LogP contribution is 2.21. The molecule has 1 unspecified atom stereocenters. The summed E-state index contributed by atoms with van der Waals surface area (Å²) in [6.45, 7) is 9.47. The van der Waals surface area contributed by atoms with Crippen LogP contribution in [0.4, 0.5) is 10.6 Å². The zero-order valence-corrected chi connectivity index (χ0v) is 14.3. The van der Waals surface area contributed by atoms with Gasteiger partial charge in [0.05, 0.1) is 12.6 Å². The van der Waals surface area contributed by atoms with Gasteiger partial charge in [0.25, 0.3) is 0 Å². The highest BCUT2D eigenvalue weighted by Gasteiger charge is 2.31. The molecule has 128 valence electrons. The van der Waals surface area contributed by atoms with Gasteiger partial charge in [-0.3, -0.25) is 0 Å². The van der Waals surface area contributed by atoms with Crippen molar-refractivity contribution < 1.29 is 14.3 Å². The van der Waals surface area contributed by atoms with Crippen LogP contribution in [-0.2, 0) is 4.74 Å². The summed E-state index contributed by atoms with van der Waals surface area (Å²) in [6.07, 6.45) is 3.16. The molecule has 1 N–H and O–H groups in total. The Morgan fingerprint density at radius 1 is 1.43 bits per heavy atom. The van der Waals surface area contributed by atoms with E-state index in [1.54, 1.807) is 11.0 Å². The number of aromatic nitrogens is 2. The predicted octanol–water partition coefficient (Wildman–Crippen LogP) is 2.69. The molecule has 1 atom stereocenters. The van der Waals surface area contributed by atoms with Gasteiger partial charge in [0, 0.05) is 19.2 Å². The normalized spacial score (nSPS) is 17.9. The quantitative estimate of drug-likeness (QED) is 0.898. The van der Waals surface area contributed by atoms with Gasteiger partial charge < -0.3 is 19.7 Å². The second-order valence-corrected chi connectivity index (χ2v) is 6.53. The maximum Gasteiger partial charge on any atom is 0.410 e. The molecule has 1 saturated heterocycles. The topological polar surface area (TPSA) is 76.6 Å². The van der Waals surface area contributed by atoms with Crippen LogP contribution in [0.3, 0.4) is 0 Å². The summed E-state index contributed by atoms with van der Waals surface area (Å²) in [4.78, 5) is 22.3. The second kappa shape index (κ2) is 7.48. The van der Waals surface area contributed by atoms with Crippen molar-refractivity contribution in [2.45, 2.75) is 52.2 Å². The first-order valence-electron chi connectivity index (χ1n) is 8.07. The lowest BCUT2D eigenvalue weighted by molar-refractivity contribution is 0.0235. The first-order chi connectivity index (χ1) is 10.9. The number of hydrogen-bond donors (Lipinski definition) is 1. The molecule has 1 aromatic rings. The minimum Gasteiger partial charge on any atom is -0.478 e. The third-order valence-corrected chi connectivity index (χ3v) is 3.46. The van der Waals surface area contributed by atoms with Crippen LogP contribution < -0.4 is 10.1 Å². The molecule has 23 heavy (non-hydrogen) atoms. The van der Waals surface area contributed by atoms with E-state index in [1.807, 2.05) is 27.7 Å². The maximum atomic E-state index is 12.3. The van der Waals surface area contributed by atoms with Gasteiger partial charge >= 0.3 is 6.09 Å². The van der Waals surface area contributed by atoms with Crippen molar-refractivity contribution in [2.24, 2.45) is 0 Å². The number of likely N-dealkylation sites (tertiary alicyclic amines) is 1. The van der Waals surface area contributed by atoms with Crippen LogP contribution in [-0.4, -0.2) is 52.3 Å². The van der Waals surface area contributed by atoms with Crippen LogP contribution in [0.5, 0.6) is 5.88 Å². The Kier molecular flexibility index (Phi) is 5.63. The molecule has 1 amide bonds. The molecule has 1 aliphatic rings. The Bertz CT molecular complexity index is 530. The fraction of sp³-hybridized carbons (Fsp3) is 0.688. The Morgan fingerprint density at radius 3 is 2.91 bits per heavy atom. The molecule has 7 heteroatoms. The van der Waals surface area contributed by atoms with E-state index < -0.39 is 5.60 Å². The third kappa shape index (κ3) is 5.26.